The summed E-state index contributed by atoms with van der Waals surface area (Å²) >= 11 is 4.19. The molecule has 0 aliphatic rings. The molecule has 9 heteroatoms. The average molecular weight is 452 g/mol. The Morgan fingerprint density at radius 3 is 2.32 bits per heavy atom. The number of ether oxygens (including phenoxy) is 1. The van der Waals surface area contributed by atoms with E-state index in [1.165, 1.54) is 17.0 Å². The van der Waals surface area contributed by atoms with Crippen molar-refractivity contribution in [3.05, 3.63) is 42.5 Å². The summed E-state index contributed by atoms with van der Waals surface area (Å²) in [5, 5.41) is 15.7. The first-order valence-electron chi connectivity index (χ1n) is 10.0. The Labute approximate surface area is 189 Å². The smallest absolute Gasteiger partial charge is 0.408 e. The number of para-hydroxylation sites is 1. The highest BCUT2D eigenvalue weighted by Crippen LogP contribution is 2.29. The third-order valence-electron chi connectivity index (χ3n) is 4.00. The molecule has 2 unspecified atom stereocenters. The Balaban J connectivity index is 3.33. The van der Waals surface area contributed by atoms with E-state index >= 15 is 0 Å². The van der Waals surface area contributed by atoms with Gasteiger partial charge in [-0.2, -0.15) is 12.6 Å². The van der Waals surface area contributed by atoms with Gasteiger partial charge in [-0.25, -0.2) is 4.79 Å². The Kier molecular flexibility index (Phi) is 9.90. The number of rotatable bonds is 9. The van der Waals surface area contributed by atoms with E-state index in [0.717, 1.165) is 0 Å². The molecule has 172 valence electrons. The van der Waals surface area contributed by atoms with Gasteiger partial charge in [-0.15, -0.1) is 6.58 Å². The molecule has 0 radical (unpaired) electrons. The second kappa shape index (κ2) is 11.6. The number of benzene rings is 1. The first-order chi connectivity index (χ1) is 14.4. The minimum atomic E-state index is -1.14. The number of hydrogen-bond acceptors (Lipinski definition) is 6. The van der Waals surface area contributed by atoms with E-state index in [0.29, 0.717) is 0 Å². The van der Waals surface area contributed by atoms with Crippen LogP contribution in [0.4, 0.5) is 4.79 Å². The van der Waals surface area contributed by atoms with E-state index in [2.05, 4.69) is 29.8 Å². The quantitative estimate of drug-likeness (QED) is 0.341. The molecule has 2 atom stereocenters. The van der Waals surface area contributed by atoms with Crippen LogP contribution in [0.2, 0.25) is 0 Å². The molecule has 0 heterocycles. The number of thiol groups is 1. The third kappa shape index (κ3) is 8.16. The Bertz CT molecular complexity index is 792. The molecule has 3 amide bonds. The summed E-state index contributed by atoms with van der Waals surface area (Å²) in [6.45, 7) is 12.4. The molecule has 31 heavy (non-hydrogen) atoms. The Hall–Kier alpha value is -2.68. The van der Waals surface area contributed by atoms with Crippen molar-refractivity contribution in [1.82, 2.24) is 15.5 Å². The van der Waals surface area contributed by atoms with Crippen LogP contribution in [0.1, 0.15) is 46.2 Å². The van der Waals surface area contributed by atoms with E-state index in [1.54, 1.807) is 52.8 Å². The van der Waals surface area contributed by atoms with Gasteiger partial charge >= 0.3 is 6.09 Å². The summed E-state index contributed by atoms with van der Waals surface area (Å²) in [4.78, 5) is 39.9. The lowest BCUT2D eigenvalue weighted by Gasteiger charge is -2.34. The van der Waals surface area contributed by atoms with E-state index < -0.39 is 35.6 Å². The maximum Gasteiger partial charge on any atom is 0.408 e. The fraction of sp³-hybridized carbons (Fsp3) is 0.500. The fourth-order valence-corrected chi connectivity index (χ4v) is 3.08. The lowest BCUT2D eigenvalue weighted by atomic mass is 10.0. The van der Waals surface area contributed by atoms with Crippen molar-refractivity contribution in [2.24, 2.45) is 0 Å². The van der Waals surface area contributed by atoms with Crippen molar-refractivity contribution < 1.29 is 24.2 Å². The number of phenolic OH excluding ortho intramolecular Hbond substituents is 1. The van der Waals surface area contributed by atoms with Crippen molar-refractivity contribution >= 4 is 30.5 Å². The predicted octanol–water partition coefficient (Wildman–Crippen LogP) is 2.80. The number of phenols is 1. The van der Waals surface area contributed by atoms with Gasteiger partial charge in [0.1, 0.15) is 23.4 Å². The lowest BCUT2D eigenvalue weighted by molar-refractivity contribution is -0.141. The molecule has 0 fully saturated rings. The van der Waals surface area contributed by atoms with Crippen molar-refractivity contribution in [2.75, 3.05) is 12.3 Å². The highest BCUT2D eigenvalue weighted by molar-refractivity contribution is 7.80. The van der Waals surface area contributed by atoms with Crippen molar-refractivity contribution in [1.29, 1.82) is 0 Å². The molecule has 0 bridgehead atoms. The van der Waals surface area contributed by atoms with Crippen LogP contribution in [0, 0.1) is 0 Å². The summed E-state index contributed by atoms with van der Waals surface area (Å²) in [6, 6.07) is 3.90. The molecule has 8 nitrogen and oxygen atoms in total. The monoisotopic (exact) mass is 451 g/mol. The second-order valence-corrected chi connectivity index (χ2v) is 8.65. The van der Waals surface area contributed by atoms with Gasteiger partial charge in [-0.1, -0.05) is 24.3 Å². The topological polar surface area (TPSA) is 108 Å². The average Bonchev–Trinajstić information content (AvgIpc) is 2.64. The number of hydrogen-bond donors (Lipinski definition) is 4. The predicted molar refractivity (Wildman–Crippen MR) is 123 cm³/mol. The molecule has 0 aliphatic heterocycles. The highest BCUT2D eigenvalue weighted by atomic mass is 32.1. The van der Waals surface area contributed by atoms with Gasteiger partial charge < -0.3 is 25.4 Å². The first kappa shape index (κ1) is 26.4. The van der Waals surface area contributed by atoms with Crippen LogP contribution in [0.5, 0.6) is 5.75 Å². The van der Waals surface area contributed by atoms with Gasteiger partial charge in [-0.3, -0.25) is 9.59 Å². The molecule has 0 saturated carbocycles. The maximum atomic E-state index is 13.4. The molecule has 1 rings (SSSR count). The van der Waals surface area contributed by atoms with E-state index in [9.17, 15) is 19.5 Å². The van der Waals surface area contributed by atoms with Crippen LogP contribution in [-0.2, 0) is 14.3 Å². The minimum absolute atomic E-state index is 0.00360. The summed E-state index contributed by atoms with van der Waals surface area (Å²) in [7, 11) is 0. The minimum Gasteiger partial charge on any atom is -0.508 e. The van der Waals surface area contributed by atoms with Crippen molar-refractivity contribution in [3.8, 4) is 5.75 Å². The molecule has 1 aromatic carbocycles. The number of alkyl carbamates (subject to hydrolysis) is 1. The van der Waals surface area contributed by atoms with Crippen LogP contribution in [0.15, 0.2) is 36.9 Å². The van der Waals surface area contributed by atoms with Crippen molar-refractivity contribution in [2.45, 2.75) is 58.3 Å². The van der Waals surface area contributed by atoms with Gasteiger partial charge in [0.15, 0.2) is 0 Å². The molecule has 0 aliphatic carbocycles. The van der Waals surface area contributed by atoms with E-state index in [1.807, 2.05) is 0 Å². The number of carbonyl (C=O) groups excluding carboxylic acids is 3. The number of aromatic hydroxyl groups is 1. The van der Waals surface area contributed by atoms with Gasteiger partial charge in [0, 0.05) is 23.9 Å². The zero-order chi connectivity index (χ0) is 23.8. The molecular weight excluding hydrogens is 418 g/mol. The molecule has 0 spiro atoms. The van der Waals surface area contributed by atoms with E-state index in [-0.39, 0.29) is 29.7 Å². The molecule has 0 aromatic heterocycles. The number of carbonyl (C=O) groups is 3. The van der Waals surface area contributed by atoms with Gasteiger partial charge in [-0.05, 0) is 40.7 Å². The SMILES string of the molecule is C=CCN(C(=O)C(CS)NC(=O)OC(C)(C)C)C(C(=O)NC(C)C)c1ccccc1O. The summed E-state index contributed by atoms with van der Waals surface area (Å²) in [5.74, 6) is -1.18. The fourth-order valence-electron chi connectivity index (χ4n) is 2.83. The number of amides is 3. The summed E-state index contributed by atoms with van der Waals surface area (Å²) < 4.78 is 5.23. The van der Waals surface area contributed by atoms with E-state index in [4.69, 9.17) is 4.74 Å². The zero-order valence-electron chi connectivity index (χ0n) is 18.7. The summed E-state index contributed by atoms with van der Waals surface area (Å²) in [5.41, 5.74) is -0.490. The highest BCUT2D eigenvalue weighted by Gasteiger charge is 2.36. The molecule has 3 N–H and O–H groups in total. The van der Waals surface area contributed by atoms with Gasteiger partial charge in [0.05, 0.1) is 0 Å². The Morgan fingerprint density at radius 1 is 1.23 bits per heavy atom. The third-order valence-corrected chi connectivity index (χ3v) is 4.37. The van der Waals surface area contributed by atoms with Gasteiger partial charge in [0.2, 0.25) is 11.8 Å². The van der Waals surface area contributed by atoms with Crippen LogP contribution in [-0.4, -0.2) is 57.9 Å². The van der Waals surface area contributed by atoms with Crippen LogP contribution in [0.25, 0.3) is 0 Å². The second-order valence-electron chi connectivity index (χ2n) is 8.29. The summed E-state index contributed by atoms with van der Waals surface area (Å²) in [6.07, 6.45) is 0.695. The maximum absolute atomic E-state index is 13.4. The number of nitrogens with one attached hydrogen (secondary N) is 2. The van der Waals surface area contributed by atoms with Crippen LogP contribution >= 0.6 is 12.6 Å². The standard InChI is InChI=1S/C22H33N3O5S/c1-7-12-25(20(28)16(13-31)24-21(29)30-22(4,5)6)18(19(27)23-14(2)3)15-10-8-9-11-17(15)26/h7-11,14,16,18,26,31H,1,12-13H2,2-6H3,(H,23,27)(H,24,29). The largest absolute Gasteiger partial charge is 0.508 e. The lowest BCUT2D eigenvalue weighted by Crippen LogP contribution is -2.54. The molecular formula is C22H33N3O5S. The number of nitrogens with zero attached hydrogens (tertiary/aromatic N) is 1. The van der Waals surface area contributed by atoms with Crippen molar-refractivity contribution in [3.63, 3.8) is 0 Å². The van der Waals surface area contributed by atoms with Crippen LogP contribution < -0.4 is 10.6 Å². The van der Waals surface area contributed by atoms with Gasteiger partial charge in [0.25, 0.3) is 0 Å². The zero-order valence-corrected chi connectivity index (χ0v) is 19.6. The first-order valence-corrected chi connectivity index (χ1v) is 10.6. The molecule has 1 aromatic rings. The van der Waals surface area contributed by atoms with Crippen LogP contribution in [0.3, 0.4) is 0 Å². The molecule has 0 saturated heterocycles. The Morgan fingerprint density at radius 2 is 1.84 bits per heavy atom. The normalized spacial score (nSPS) is 13.1.